The molecule has 14 nitrogen and oxygen atoms in total. The molecule has 2 fully saturated rings. The summed E-state index contributed by atoms with van der Waals surface area (Å²) in [7, 11) is 1.47. The minimum Gasteiger partial charge on any atom is -0.448 e. The topological polar surface area (TPSA) is 173 Å². The third-order valence-electron chi connectivity index (χ3n) is 8.50. The lowest BCUT2D eigenvalue weighted by Gasteiger charge is -2.30. The van der Waals surface area contributed by atoms with Gasteiger partial charge in [-0.25, -0.2) is 4.79 Å². The van der Waals surface area contributed by atoms with E-state index >= 15 is 0 Å². The van der Waals surface area contributed by atoms with E-state index in [-0.39, 0.29) is 45.6 Å². The SMILES string of the molecule is C[C@H]1C(=O)N[C@@H](Cc2ccccc2)C(=O)NCCN(C(=O)CN2CCOC2=O)CC(=O)N[C@@H](Cc2c[nH]c3ccccc23)C(=O)N1C. The molecule has 0 bridgehead atoms. The molecular formula is C33H39N7O7. The van der Waals surface area contributed by atoms with E-state index in [2.05, 4.69) is 20.9 Å². The van der Waals surface area contributed by atoms with Gasteiger partial charge in [-0.2, -0.15) is 0 Å². The summed E-state index contributed by atoms with van der Waals surface area (Å²) in [5.41, 5.74) is 2.45. The second-order valence-corrected chi connectivity index (χ2v) is 11.7. The number of fused-ring (bicyclic) bond motifs is 1. The Morgan fingerprint density at radius 1 is 0.894 bits per heavy atom. The molecule has 5 rings (SSSR count). The maximum Gasteiger partial charge on any atom is 0.410 e. The molecule has 0 unspecified atom stereocenters. The first-order valence-electron chi connectivity index (χ1n) is 15.5. The Bertz CT molecular complexity index is 1640. The van der Waals surface area contributed by atoms with Crippen molar-refractivity contribution in [1.82, 2.24) is 35.6 Å². The molecule has 3 atom stereocenters. The molecular weight excluding hydrogens is 606 g/mol. The minimum absolute atomic E-state index is 0.0311. The number of ether oxygens (including phenoxy) is 1. The first-order chi connectivity index (χ1) is 22.6. The summed E-state index contributed by atoms with van der Waals surface area (Å²) in [4.78, 5) is 86.6. The maximum atomic E-state index is 14.0. The van der Waals surface area contributed by atoms with Crippen LogP contribution in [0.5, 0.6) is 0 Å². The number of carbonyl (C=O) groups excluding carboxylic acids is 6. The summed E-state index contributed by atoms with van der Waals surface area (Å²) in [5, 5.41) is 9.21. The zero-order valence-electron chi connectivity index (χ0n) is 26.4. The largest absolute Gasteiger partial charge is 0.448 e. The number of H-pyrrole nitrogens is 1. The van der Waals surface area contributed by atoms with E-state index in [1.165, 1.54) is 21.7 Å². The summed E-state index contributed by atoms with van der Waals surface area (Å²) in [5.74, 6) is -2.71. The predicted molar refractivity (Wildman–Crippen MR) is 171 cm³/mol. The molecule has 0 saturated carbocycles. The normalized spacial score (nSPS) is 21.9. The van der Waals surface area contributed by atoms with Crippen LogP contribution in [0.2, 0.25) is 0 Å². The van der Waals surface area contributed by atoms with Gasteiger partial charge in [0.05, 0.1) is 13.1 Å². The second kappa shape index (κ2) is 14.8. The molecule has 3 aromatic rings. The van der Waals surface area contributed by atoms with E-state index in [1.807, 2.05) is 54.6 Å². The monoisotopic (exact) mass is 645 g/mol. The van der Waals surface area contributed by atoms with E-state index in [0.717, 1.165) is 22.0 Å². The number of hydrogen-bond acceptors (Lipinski definition) is 7. The van der Waals surface area contributed by atoms with Gasteiger partial charge >= 0.3 is 6.09 Å². The van der Waals surface area contributed by atoms with Gasteiger partial charge in [0.15, 0.2) is 0 Å². The van der Waals surface area contributed by atoms with E-state index in [1.54, 1.807) is 13.1 Å². The lowest BCUT2D eigenvalue weighted by Crippen LogP contribution is -2.57. The first kappa shape index (κ1) is 33.0. The number of rotatable bonds is 6. The summed E-state index contributed by atoms with van der Waals surface area (Å²) < 4.78 is 4.93. The zero-order valence-corrected chi connectivity index (χ0v) is 26.4. The van der Waals surface area contributed by atoms with Crippen LogP contribution in [-0.4, -0.2) is 120 Å². The third-order valence-corrected chi connectivity index (χ3v) is 8.50. The first-order valence-corrected chi connectivity index (χ1v) is 15.5. The van der Waals surface area contributed by atoms with E-state index in [9.17, 15) is 28.8 Å². The number of cyclic esters (lactones) is 1. The molecule has 1 aromatic heterocycles. The van der Waals surface area contributed by atoms with E-state index < -0.39 is 60.3 Å². The molecule has 3 heterocycles. The average Bonchev–Trinajstić information content (AvgIpc) is 3.67. The van der Waals surface area contributed by atoms with Crippen molar-refractivity contribution in [2.45, 2.75) is 37.9 Å². The highest BCUT2D eigenvalue weighted by atomic mass is 16.6. The standard InChI is InChI=1S/C33H39N7O7/c1-21-30(43)37-26(16-22-8-4-3-5-9-22)31(44)34-12-13-39(29(42)20-40-14-15-47-33(40)46)19-28(41)36-27(32(45)38(21)2)17-23-18-35-25-11-7-6-10-24(23)25/h3-11,18,21,26-27,35H,12-17,19-20H2,1-2H3,(H,34,44)(H,36,41)(H,37,43)/t21-,26-,27-/m0/s1. The maximum absolute atomic E-state index is 14.0. The number of nitrogens with one attached hydrogen (secondary N) is 4. The summed E-state index contributed by atoms with van der Waals surface area (Å²) in [6, 6.07) is 13.7. The highest BCUT2D eigenvalue weighted by Gasteiger charge is 2.34. The van der Waals surface area contributed by atoms with Crippen LogP contribution in [0.25, 0.3) is 10.9 Å². The van der Waals surface area contributed by atoms with Gasteiger partial charge in [0.2, 0.25) is 29.5 Å². The average molecular weight is 646 g/mol. The molecule has 0 spiro atoms. The Labute approximate surface area is 271 Å². The quantitative estimate of drug-likeness (QED) is 0.296. The van der Waals surface area contributed by atoms with E-state index in [0.29, 0.717) is 0 Å². The zero-order chi connectivity index (χ0) is 33.5. The van der Waals surface area contributed by atoms with Crippen LogP contribution in [0.3, 0.4) is 0 Å². The fourth-order valence-electron chi connectivity index (χ4n) is 5.66. The number of aromatic amines is 1. The van der Waals surface area contributed by atoms with Gasteiger partial charge < -0.3 is 35.5 Å². The summed E-state index contributed by atoms with van der Waals surface area (Å²) in [6.07, 6.45) is 1.44. The van der Waals surface area contributed by atoms with Crippen molar-refractivity contribution in [2.75, 3.05) is 46.4 Å². The number of amides is 6. The molecule has 0 radical (unpaired) electrons. The van der Waals surface area contributed by atoms with Gasteiger partial charge in [-0.1, -0.05) is 48.5 Å². The molecule has 6 amide bonds. The third kappa shape index (κ3) is 8.07. The van der Waals surface area contributed by atoms with Crippen molar-refractivity contribution in [3.63, 3.8) is 0 Å². The van der Waals surface area contributed by atoms with Crippen LogP contribution in [0.4, 0.5) is 4.79 Å². The lowest BCUT2D eigenvalue weighted by molar-refractivity contribution is -0.142. The Kier molecular flexibility index (Phi) is 10.4. The van der Waals surface area contributed by atoms with Crippen LogP contribution in [-0.2, 0) is 41.6 Å². The van der Waals surface area contributed by atoms with Gasteiger partial charge in [0.25, 0.3) is 0 Å². The van der Waals surface area contributed by atoms with Crippen molar-refractivity contribution in [3.05, 3.63) is 71.9 Å². The summed E-state index contributed by atoms with van der Waals surface area (Å²) >= 11 is 0. The number of para-hydroxylation sites is 1. The Hall–Kier alpha value is -5.40. The van der Waals surface area contributed by atoms with Crippen LogP contribution < -0.4 is 16.0 Å². The minimum atomic E-state index is -1.09. The van der Waals surface area contributed by atoms with E-state index in [4.69, 9.17) is 4.74 Å². The second-order valence-electron chi connectivity index (χ2n) is 11.7. The van der Waals surface area contributed by atoms with Gasteiger partial charge in [0.1, 0.15) is 31.3 Å². The summed E-state index contributed by atoms with van der Waals surface area (Å²) in [6.45, 7) is 1.09. The fraction of sp³-hybridized carbons (Fsp3) is 0.394. The van der Waals surface area contributed by atoms with Crippen molar-refractivity contribution < 1.29 is 33.5 Å². The predicted octanol–water partition coefficient (Wildman–Crippen LogP) is 0.180. The molecule has 14 heteroatoms. The molecule has 4 N–H and O–H groups in total. The number of aromatic nitrogens is 1. The molecule has 2 aliphatic rings. The van der Waals surface area contributed by atoms with Crippen LogP contribution in [0.15, 0.2) is 60.8 Å². The van der Waals surface area contributed by atoms with Gasteiger partial charge in [-0.15, -0.1) is 0 Å². The number of benzene rings is 2. The van der Waals surface area contributed by atoms with Crippen LogP contribution in [0.1, 0.15) is 18.1 Å². The number of nitrogens with zero attached hydrogens (tertiary/aromatic N) is 3. The number of carbonyl (C=O) groups is 6. The van der Waals surface area contributed by atoms with Crippen LogP contribution in [0, 0.1) is 0 Å². The van der Waals surface area contributed by atoms with Crippen molar-refractivity contribution >= 4 is 46.5 Å². The number of hydrogen-bond donors (Lipinski definition) is 4. The Morgan fingerprint density at radius 2 is 1.64 bits per heavy atom. The van der Waals surface area contributed by atoms with Crippen molar-refractivity contribution in [2.24, 2.45) is 0 Å². The fourth-order valence-corrected chi connectivity index (χ4v) is 5.66. The highest BCUT2D eigenvalue weighted by Crippen LogP contribution is 2.20. The smallest absolute Gasteiger partial charge is 0.410 e. The molecule has 248 valence electrons. The van der Waals surface area contributed by atoms with Crippen LogP contribution >= 0.6 is 0 Å². The van der Waals surface area contributed by atoms with Crippen molar-refractivity contribution in [1.29, 1.82) is 0 Å². The molecule has 2 aromatic carbocycles. The Morgan fingerprint density at radius 3 is 2.38 bits per heavy atom. The number of likely N-dealkylation sites (N-methyl/N-ethyl adjacent to an activating group) is 1. The molecule has 47 heavy (non-hydrogen) atoms. The molecule has 2 aliphatic heterocycles. The van der Waals surface area contributed by atoms with Gasteiger partial charge in [-0.05, 0) is 24.1 Å². The highest BCUT2D eigenvalue weighted by molar-refractivity contribution is 5.95. The van der Waals surface area contributed by atoms with Gasteiger partial charge in [-0.3, -0.25) is 28.9 Å². The Balaban J connectivity index is 1.43. The molecule has 2 saturated heterocycles. The lowest BCUT2D eigenvalue weighted by atomic mass is 10.0. The molecule has 0 aliphatic carbocycles. The van der Waals surface area contributed by atoms with Gasteiger partial charge in [0, 0.05) is 50.1 Å². The van der Waals surface area contributed by atoms with Crippen molar-refractivity contribution in [3.8, 4) is 0 Å².